The Morgan fingerprint density at radius 2 is 2.24 bits per heavy atom. The molecule has 0 saturated carbocycles. The van der Waals surface area contributed by atoms with Crippen LogP contribution in [0.1, 0.15) is 26.2 Å². The second kappa shape index (κ2) is 6.62. The van der Waals surface area contributed by atoms with Crippen LogP contribution in [0.3, 0.4) is 0 Å². The molecular weight excluding hydrogens is 224 g/mol. The van der Waals surface area contributed by atoms with E-state index in [1.54, 1.807) is 24.0 Å². The third-order valence-electron chi connectivity index (χ3n) is 2.24. The molecule has 1 amide bonds. The van der Waals surface area contributed by atoms with E-state index in [9.17, 15) is 9.59 Å². The van der Waals surface area contributed by atoms with Gasteiger partial charge in [0, 0.05) is 25.1 Å². The van der Waals surface area contributed by atoms with Crippen LogP contribution in [-0.4, -0.2) is 38.0 Å². The number of aliphatic carboxylic acids is 1. The predicted octanol–water partition coefficient (Wildman–Crippen LogP) is 0.0377. The standard InChI is InChI=1S/C10H16N4O3/c1-8(2-3-10(16)17)12-9(15)4-6-14-7-5-11-13-14/h5,7-8H,2-4,6H2,1H3,(H,12,15)(H,16,17). The smallest absolute Gasteiger partial charge is 0.303 e. The number of carbonyl (C=O) groups is 2. The van der Waals surface area contributed by atoms with Crippen molar-refractivity contribution in [3.05, 3.63) is 12.4 Å². The zero-order valence-corrected chi connectivity index (χ0v) is 9.67. The summed E-state index contributed by atoms with van der Waals surface area (Å²) in [5.74, 6) is -0.966. The first-order valence-corrected chi connectivity index (χ1v) is 5.43. The summed E-state index contributed by atoms with van der Waals surface area (Å²) in [6.45, 7) is 2.26. The monoisotopic (exact) mass is 240 g/mol. The van der Waals surface area contributed by atoms with Crippen molar-refractivity contribution in [2.24, 2.45) is 0 Å². The summed E-state index contributed by atoms with van der Waals surface area (Å²) in [6.07, 6.45) is 4.03. The normalized spacial score (nSPS) is 12.1. The summed E-state index contributed by atoms with van der Waals surface area (Å²) in [5.41, 5.74) is 0. The van der Waals surface area contributed by atoms with Crippen LogP contribution >= 0.6 is 0 Å². The molecule has 1 unspecified atom stereocenters. The molecule has 1 rings (SSSR count). The second-order valence-corrected chi connectivity index (χ2v) is 3.82. The van der Waals surface area contributed by atoms with E-state index in [4.69, 9.17) is 5.11 Å². The number of hydrogen-bond acceptors (Lipinski definition) is 4. The Bertz CT molecular complexity index is 364. The summed E-state index contributed by atoms with van der Waals surface area (Å²) in [5, 5.41) is 18.6. The maximum absolute atomic E-state index is 11.5. The maximum Gasteiger partial charge on any atom is 0.303 e. The SMILES string of the molecule is CC(CCC(=O)O)NC(=O)CCn1ccnn1. The number of hydrogen-bond donors (Lipinski definition) is 2. The fourth-order valence-corrected chi connectivity index (χ4v) is 1.33. The Labute approximate surface area is 98.8 Å². The lowest BCUT2D eigenvalue weighted by Crippen LogP contribution is -2.33. The Hall–Kier alpha value is -1.92. The third-order valence-corrected chi connectivity index (χ3v) is 2.24. The zero-order valence-electron chi connectivity index (χ0n) is 9.67. The summed E-state index contributed by atoms with van der Waals surface area (Å²) in [6, 6.07) is -0.130. The second-order valence-electron chi connectivity index (χ2n) is 3.82. The van der Waals surface area contributed by atoms with Gasteiger partial charge in [0.1, 0.15) is 0 Å². The van der Waals surface area contributed by atoms with E-state index in [1.807, 2.05) is 0 Å². The van der Waals surface area contributed by atoms with E-state index < -0.39 is 5.97 Å². The van der Waals surface area contributed by atoms with Crippen LogP contribution in [0.5, 0.6) is 0 Å². The van der Waals surface area contributed by atoms with Crippen LogP contribution in [0.4, 0.5) is 0 Å². The van der Waals surface area contributed by atoms with Crippen molar-refractivity contribution >= 4 is 11.9 Å². The molecule has 7 heteroatoms. The lowest BCUT2D eigenvalue weighted by atomic mass is 10.2. The van der Waals surface area contributed by atoms with Gasteiger partial charge in [0.05, 0.1) is 12.7 Å². The summed E-state index contributed by atoms with van der Waals surface area (Å²) in [7, 11) is 0. The highest BCUT2D eigenvalue weighted by molar-refractivity contribution is 5.76. The molecule has 0 aliphatic carbocycles. The summed E-state index contributed by atoms with van der Waals surface area (Å²) in [4.78, 5) is 21.8. The lowest BCUT2D eigenvalue weighted by molar-refractivity contribution is -0.137. The highest BCUT2D eigenvalue weighted by atomic mass is 16.4. The van der Waals surface area contributed by atoms with Crippen molar-refractivity contribution < 1.29 is 14.7 Å². The van der Waals surface area contributed by atoms with Crippen molar-refractivity contribution in [2.75, 3.05) is 0 Å². The molecule has 1 aromatic heterocycles. The van der Waals surface area contributed by atoms with Gasteiger partial charge in [-0.15, -0.1) is 5.10 Å². The first-order chi connectivity index (χ1) is 8.08. The van der Waals surface area contributed by atoms with Gasteiger partial charge >= 0.3 is 5.97 Å². The Morgan fingerprint density at radius 1 is 1.47 bits per heavy atom. The molecule has 0 radical (unpaired) electrons. The third kappa shape index (κ3) is 5.64. The van der Waals surface area contributed by atoms with Gasteiger partial charge in [-0.3, -0.25) is 14.3 Å². The Balaban J connectivity index is 2.18. The highest BCUT2D eigenvalue weighted by Crippen LogP contribution is 1.97. The van der Waals surface area contributed by atoms with Crippen molar-refractivity contribution in [1.82, 2.24) is 20.3 Å². The minimum atomic E-state index is -0.853. The molecule has 7 nitrogen and oxygen atoms in total. The first-order valence-electron chi connectivity index (χ1n) is 5.43. The number of aromatic nitrogens is 3. The molecule has 0 aromatic carbocycles. The fraction of sp³-hybridized carbons (Fsp3) is 0.600. The molecule has 0 saturated heterocycles. The van der Waals surface area contributed by atoms with Gasteiger partial charge in [-0.25, -0.2) is 0 Å². The Kier molecular flexibility index (Phi) is 5.12. The van der Waals surface area contributed by atoms with Crippen LogP contribution < -0.4 is 5.32 Å². The van der Waals surface area contributed by atoms with Crippen molar-refractivity contribution in [1.29, 1.82) is 0 Å². The van der Waals surface area contributed by atoms with Gasteiger partial charge in [-0.2, -0.15) is 0 Å². The van der Waals surface area contributed by atoms with E-state index in [1.165, 1.54) is 0 Å². The predicted molar refractivity (Wildman–Crippen MR) is 59.1 cm³/mol. The van der Waals surface area contributed by atoms with Crippen molar-refractivity contribution in [3.63, 3.8) is 0 Å². The molecule has 2 N–H and O–H groups in total. The summed E-state index contributed by atoms with van der Waals surface area (Å²) >= 11 is 0. The van der Waals surface area contributed by atoms with Gasteiger partial charge in [-0.05, 0) is 13.3 Å². The Morgan fingerprint density at radius 3 is 2.82 bits per heavy atom. The summed E-state index contributed by atoms with van der Waals surface area (Å²) < 4.78 is 1.57. The molecule has 0 bridgehead atoms. The number of amides is 1. The minimum Gasteiger partial charge on any atom is -0.481 e. The van der Waals surface area contributed by atoms with E-state index in [-0.39, 0.29) is 18.4 Å². The molecule has 94 valence electrons. The number of nitrogens with one attached hydrogen (secondary N) is 1. The van der Waals surface area contributed by atoms with E-state index in [2.05, 4.69) is 15.6 Å². The van der Waals surface area contributed by atoms with Crippen LogP contribution in [0, 0.1) is 0 Å². The lowest BCUT2D eigenvalue weighted by Gasteiger charge is -2.12. The number of carboxylic acids is 1. The average Bonchev–Trinajstić information content (AvgIpc) is 2.76. The molecule has 1 atom stereocenters. The molecule has 1 heterocycles. The van der Waals surface area contributed by atoms with Crippen LogP contribution in [0.25, 0.3) is 0 Å². The van der Waals surface area contributed by atoms with Gasteiger partial charge in [0.25, 0.3) is 0 Å². The largest absolute Gasteiger partial charge is 0.481 e. The molecule has 0 aliphatic rings. The van der Waals surface area contributed by atoms with E-state index in [0.717, 1.165) is 0 Å². The maximum atomic E-state index is 11.5. The molecule has 17 heavy (non-hydrogen) atoms. The number of carboxylic acid groups (broad SMARTS) is 1. The van der Waals surface area contributed by atoms with Gasteiger partial charge in [0.2, 0.25) is 5.91 Å². The van der Waals surface area contributed by atoms with Gasteiger partial charge < -0.3 is 10.4 Å². The zero-order chi connectivity index (χ0) is 12.7. The van der Waals surface area contributed by atoms with E-state index in [0.29, 0.717) is 19.4 Å². The molecule has 0 fully saturated rings. The van der Waals surface area contributed by atoms with Crippen LogP contribution in [0.2, 0.25) is 0 Å². The molecule has 0 aliphatic heterocycles. The molecule has 0 spiro atoms. The van der Waals surface area contributed by atoms with Crippen LogP contribution in [-0.2, 0) is 16.1 Å². The van der Waals surface area contributed by atoms with Crippen molar-refractivity contribution in [3.8, 4) is 0 Å². The topological polar surface area (TPSA) is 97.1 Å². The van der Waals surface area contributed by atoms with Gasteiger partial charge in [-0.1, -0.05) is 5.21 Å². The van der Waals surface area contributed by atoms with Gasteiger partial charge in [0.15, 0.2) is 0 Å². The molecule has 1 aromatic rings. The number of rotatable bonds is 7. The number of nitrogens with zero attached hydrogens (tertiary/aromatic N) is 3. The fourth-order valence-electron chi connectivity index (χ4n) is 1.33. The average molecular weight is 240 g/mol. The van der Waals surface area contributed by atoms with Crippen molar-refractivity contribution in [2.45, 2.75) is 38.8 Å². The van der Waals surface area contributed by atoms with Crippen LogP contribution in [0.15, 0.2) is 12.4 Å². The minimum absolute atomic E-state index is 0.0600. The number of carbonyl (C=O) groups excluding carboxylic acids is 1. The van der Waals surface area contributed by atoms with E-state index >= 15 is 0 Å². The quantitative estimate of drug-likeness (QED) is 0.701. The highest BCUT2D eigenvalue weighted by Gasteiger charge is 2.09. The number of aryl methyl sites for hydroxylation is 1. The molecular formula is C10H16N4O3. The first kappa shape index (κ1) is 13.1.